The molecule has 1 N–H and O–H groups in total. The van der Waals surface area contributed by atoms with Gasteiger partial charge in [-0.1, -0.05) is 25.2 Å². The molecule has 2 aromatic heterocycles. The Labute approximate surface area is 133 Å². The molecule has 1 amide bonds. The summed E-state index contributed by atoms with van der Waals surface area (Å²) >= 11 is 1.29. The van der Waals surface area contributed by atoms with Gasteiger partial charge in [0.1, 0.15) is 11.3 Å². The van der Waals surface area contributed by atoms with Crippen LogP contribution in [0.3, 0.4) is 0 Å². The SMILES string of the molecule is CC1(C)CCCN(c2ccc(C(=O)Nc3nncs3)cn2)C1. The number of hydrogen-bond acceptors (Lipinski definition) is 6. The summed E-state index contributed by atoms with van der Waals surface area (Å²) in [7, 11) is 0. The third kappa shape index (κ3) is 3.41. The highest BCUT2D eigenvalue weighted by Gasteiger charge is 2.27. The first-order valence-electron chi connectivity index (χ1n) is 7.32. The standard InChI is InChI=1S/C15H19N5OS/c1-15(2)6-3-7-20(9-15)12-5-4-11(8-16-12)13(21)18-14-19-17-10-22-14/h4-5,8,10H,3,6-7,9H2,1-2H3,(H,18,19,21). The van der Waals surface area contributed by atoms with E-state index in [0.29, 0.717) is 16.1 Å². The van der Waals surface area contributed by atoms with Crippen LogP contribution in [0.2, 0.25) is 0 Å². The van der Waals surface area contributed by atoms with Crippen LogP contribution in [0.1, 0.15) is 37.0 Å². The van der Waals surface area contributed by atoms with Crippen LogP contribution in [0.15, 0.2) is 23.8 Å². The second kappa shape index (κ2) is 6.00. The molecule has 2 aromatic rings. The third-order valence-electron chi connectivity index (χ3n) is 3.82. The normalized spacial score (nSPS) is 17.3. The number of nitrogens with zero attached hydrogens (tertiary/aromatic N) is 4. The number of pyridine rings is 1. The highest BCUT2D eigenvalue weighted by atomic mass is 32.1. The number of piperidine rings is 1. The summed E-state index contributed by atoms with van der Waals surface area (Å²) in [6.45, 7) is 6.58. The number of amides is 1. The maximum atomic E-state index is 12.1. The Morgan fingerprint density at radius 1 is 1.41 bits per heavy atom. The van der Waals surface area contributed by atoms with Gasteiger partial charge in [-0.25, -0.2) is 4.98 Å². The summed E-state index contributed by atoms with van der Waals surface area (Å²) < 4.78 is 0. The van der Waals surface area contributed by atoms with Crippen LogP contribution in [0.5, 0.6) is 0 Å². The molecule has 1 saturated heterocycles. The zero-order valence-corrected chi connectivity index (χ0v) is 13.6. The third-order valence-corrected chi connectivity index (χ3v) is 4.42. The molecule has 3 rings (SSSR count). The molecule has 0 bridgehead atoms. The van der Waals surface area contributed by atoms with Crippen molar-refractivity contribution in [2.75, 3.05) is 23.3 Å². The molecule has 0 spiro atoms. The van der Waals surface area contributed by atoms with E-state index in [0.717, 1.165) is 18.9 Å². The molecular weight excluding hydrogens is 298 g/mol. The van der Waals surface area contributed by atoms with E-state index in [1.807, 2.05) is 6.07 Å². The van der Waals surface area contributed by atoms with E-state index in [9.17, 15) is 4.79 Å². The second-order valence-electron chi connectivity index (χ2n) is 6.29. The largest absolute Gasteiger partial charge is 0.356 e. The fourth-order valence-corrected chi connectivity index (χ4v) is 3.16. The topological polar surface area (TPSA) is 71.0 Å². The molecule has 1 aliphatic heterocycles. The molecule has 3 heterocycles. The van der Waals surface area contributed by atoms with Crippen LogP contribution in [0, 0.1) is 5.41 Å². The molecule has 1 aliphatic rings. The predicted molar refractivity (Wildman–Crippen MR) is 87.3 cm³/mol. The van der Waals surface area contributed by atoms with Crippen molar-refractivity contribution < 1.29 is 4.79 Å². The molecule has 0 aliphatic carbocycles. The van der Waals surface area contributed by atoms with Crippen LogP contribution in [0.4, 0.5) is 10.9 Å². The summed E-state index contributed by atoms with van der Waals surface area (Å²) in [6, 6.07) is 3.72. The molecular formula is C15H19N5OS. The molecule has 116 valence electrons. The monoisotopic (exact) mass is 317 g/mol. The lowest BCUT2D eigenvalue weighted by Crippen LogP contribution is -2.40. The average Bonchev–Trinajstić information content (AvgIpc) is 2.99. The molecule has 0 unspecified atom stereocenters. The lowest BCUT2D eigenvalue weighted by Gasteiger charge is -2.38. The van der Waals surface area contributed by atoms with E-state index in [1.165, 1.54) is 24.2 Å². The van der Waals surface area contributed by atoms with Crippen molar-refractivity contribution in [2.24, 2.45) is 5.41 Å². The quantitative estimate of drug-likeness (QED) is 0.942. The van der Waals surface area contributed by atoms with E-state index < -0.39 is 0 Å². The van der Waals surface area contributed by atoms with Gasteiger partial charge in [0.05, 0.1) is 5.56 Å². The van der Waals surface area contributed by atoms with Gasteiger partial charge in [-0.2, -0.15) is 0 Å². The van der Waals surface area contributed by atoms with Crippen molar-refractivity contribution in [1.29, 1.82) is 0 Å². The zero-order chi connectivity index (χ0) is 15.6. The molecule has 22 heavy (non-hydrogen) atoms. The van der Waals surface area contributed by atoms with Crippen LogP contribution in [0.25, 0.3) is 0 Å². The Bertz CT molecular complexity index is 638. The number of carbonyl (C=O) groups excluding carboxylic acids is 1. The van der Waals surface area contributed by atoms with Crippen molar-refractivity contribution in [3.63, 3.8) is 0 Å². The lowest BCUT2D eigenvalue weighted by atomic mass is 9.84. The maximum Gasteiger partial charge on any atom is 0.259 e. The summed E-state index contributed by atoms with van der Waals surface area (Å²) in [4.78, 5) is 18.8. The van der Waals surface area contributed by atoms with E-state index >= 15 is 0 Å². The highest BCUT2D eigenvalue weighted by Crippen LogP contribution is 2.30. The van der Waals surface area contributed by atoms with Gasteiger partial charge in [-0.05, 0) is 30.4 Å². The van der Waals surface area contributed by atoms with E-state index in [4.69, 9.17) is 0 Å². The van der Waals surface area contributed by atoms with Gasteiger partial charge < -0.3 is 4.90 Å². The van der Waals surface area contributed by atoms with Crippen molar-refractivity contribution in [2.45, 2.75) is 26.7 Å². The summed E-state index contributed by atoms with van der Waals surface area (Å²) in [6.07, 6.45) is 4.03. The fraction of sp³-hybridized carbons (Fsp3) is 0.467. The Morgan fingerprint density at radius 3 is 2.91 bits per heavy atom. The second-order valence-corrected chi connectivity index (χ2v) is 7.13. The smallest absolute Gasteiger partial charge is 0.259 e. The summed E-state index contributed by atoms with van der Waals surface area (Å²) in [5.41, 5.74) is 2.42. The van der Waals surface area contributed by atoms with Crippen molar-refractivity contribution in [3.05, 3.63) is 29.4 Å². The van der Waals surface area contributed by atoms with Crippen molar-refractivity contribution in [1.82, 2.24) is 15.2 Å². The number of carbonyl (C=O) groups is 1. The van der Waals surface area contributed by atoms with Crippen molar-refractivity contribution >= 4 is 28.2 Å². The minimum Gasteiger partial charge on any atom is -0.356 e. The highest BCUT2D eigenvalue weighted by molar-refractivity contribution is 7.13. The number of hydrogen-bond donors (Lipinski definition) is 1. The molecule has 6 nitrogen and oxygen atoms in total. The van der Waals surface area contributed by atoms with Crippen LogP contribution in [-0.4, -0.2) is 34.2 Å². The molecule has 0 radical (unpaired) electrons. The van der Waals surface area contributed by atoms with E-state index in [2.05, 4.69) is 39.2 Å². The minimum absolute atomic E-state index is 0.213. The first-order chi connectivity index (χ1) is 10.5. The van der Waals surface area contributed by atoms with Gasteiger partial charge in [0.25, 0.3) is 5.91 Å². The average molecular weight is 317 g/mol. The predicted octanol–water partition coefficient (Wildman–Crippen LogP) is 2.81. The molecule has 7 heteroatoms. The number of rotatable bonds is 3. The minimum atomic E-state index is -0.213. The Balaban J connectivity index is 1.68. The summed E-state index contributed by atoms with van der Waals surface area (Å²) in [5.74, 6) is 0.718. The molecule has 0 aromatic carbocycles. The van der Waals surface area contributed by atoms with Gasteiger partial charge in [0.15, 0.2) is 0 Å². The number of anilines is 2. The lowest BCUT2D eigenvalue weighted by molar-refractivity contribution is 0.102. The van der Waals surface area contributed by atoms with Gasteiger partial charge in [0.2, 0.25) is 5.13 Å². The van der Waals surface area contributed by atoms with Crippen LogP contribution >= 0.6 is 11.3 Å². The molecule has 0 saturated carbocycles. The fourth-order valence-electron chi connectivity index (χ4n) is 2.72. The Hall–Kier alpha value is -2.02. The first-order valence-corrected chi connectivity index (χ1v) is 8.20. The zero-order valence-electron chi connectivity index (χ0n) is 12.7. The van der Waals surface area contributed by atoms with Crippen LogP contribution in [-0.2, 0) is 0 Å². The van der Waals surface area contributed by atoms with Gasteiger partial charge in [-0.3, -0.25) is 10.1 Å². The number of aromatic nitrogens is 3. The van der Waals surface area contributed by atoms with Crippen LogP contribution < -0.4 is 10.2 Å². The molecule has 0 atom stereocenters. The molecule has 1 fully saturated rings. The Morgan fingerprint density at radius 2 is 2.27 bits per heavy atom. The van der Waals surface area contributed by atoms with E-state index in [-0.39, 0.29) is 5.91 Å². The Kier molecular flexibility index (Phi) is 4.06. The van der Waals surface area contributed by atoms with Gasteiger partial charge in [-0.15, -0.1) is 10.2 Å². The van der Waals surface area contributed by atoms with Gasteiger partial charge in [0, 0.05) is 19.3 Å². The van der Waals surface area contributed by atoms with Gasteiger partial charge >= 0.3 is 0 Å². The van der Waals surface area contributed by atoms with E-state index in [1.54, 1.807) is 17.8 Å². The number of nitrogens with one attached hydrogen (secondary N) is 1. The first kappa shape index (κ1) is 14.9. The summed E-state index contributed by atoms with van der Waals surface area (Å²) in [5, 5.41) is 10.7. The maximum absolute atomic E-state index is 12.1. The van der Waals surface area contributed by atoms with Crippen molar-refractivity contribution in [3.8, 4) is 0 Å².